The average molecular weight is 394 g/mol. The molecule has 0 fully saturated rings. The molecular weight excluding hydrogens is 370 g/mol. The highest BCUT2D eigenvalue weighted by atomic mass is 32.1. The minimum atomic E-state index is 0.0990. The lowest BCUT2D eigenvalue weighted by atomic mass is 10.1. The fourth-order valence-corrected chi connectivity index (χ4v) is 4.24. The second-order valence-electron chi connectivity index (χ2n) is 6.98. The largest absolute Gasteiger partial charge is 0.468 e. The number of fused-ring (bicyclic) bond motifs is 1. The fourth-order valence-electron chi connectivity index (χ4n) is 3.21. The van der Waals surface area contributed by atoms with Gasteiger partial charge in [-0.2, -0.15) is 0 Å². The lowest BCUT2D eigenvalue weighted by molar-refractivity contribution is 0.269. The van der Waals surface area contributed by atoms with Gasteiger partial charge in [0.25, 0.3) is 0 Å². The minimum absolute atomic E-state index is 0.0990. The molecule has 0 aliphatic carbocycles. The first-order valence-electron chi connectivity index (χ1n) is 9.16. The van der Waals surface area contributed by atoms with Gasteiger partial charge in [-0.25, -0.2) is 9.97 Å². The first-order chi connectivity index (χ1) is 13.5. The van der Waals surface area contributed by atoms with Crippen LogP contribution in [0.5, 0.6) is 0 Å². The van der Waals surface area contributed by atoms with Crippen LogP contribution in [0.2, 0.25) is 0 Å². The smallest absolute Gasteiger partial charge is 0.164 e. The number of nitrogens with zero attached hydrogens (tertiary/aromatic N) is 4. The van der Waals surface area contributed by atoms with Crippen LogP contribution in [0.1, 0.15) is 22.2 Å². The predicted octanol–water partition coefficient (Wildman–Crippen LogP) is 4.68. The Morgan fingerprint density at radius 1 is 1.18 bits per heavy atom. The van der Waals surface area contributed by atoms with Crippen molar-refractivity contribution in [3.05, 3.63) is 59.1 Å². The molecule has 7 heteroatoms. The van der Waals surface area contributed by atoms with Crippen molar-refractivity contribution < 1.29 is 4.42 Å². The van der Waals surface area contributed by atoms with E-state index in [1.54, 1.807) is 30.0 Å². The summed E-state index contributed by atoms with van der Waals surface area (Å²) in [5.41, 5.74) is 2.13. The van der Waals surface area contributed by atoms with Crippen molar-refractivity contribution in [1.29, 1.82) is 0 Å². The SMILES string of the molecule is Cc1sc2nc(-c3cccnc3)nc(NCC(c3ccco3)N(C)C)c2c1C. The maximum absolute atomic E-state index is 5.63. The van der Waals surface area contributed by atoms with E-state index in [1.807, 2.05) is 38.4 Å². The van der Waals surface area contributed by atoms with Gasteiger partial charge in [-0.1, -0.05) is 0 Å². The van der Waals surface area contributed by atoms with Crippen LogP contribution in [-0.4, -0.2) is 40.5 Å². The van der Waals surface area contributed by atoms with Gasteiger partial charge < -0.3 is 9.73 Å². The zero-order chi connectivity index (χ0) is 19.7. The lowest BCUT2D eigenvalue weighted by Crippen LogP contribution is -2.26. The Labute approximate surface area is 168 Å². The molecule has 0 radical (unpaired) electrons. The van der Waals surface area contributed by atoms with Crippen LogP contribution in [0.25, 0.3) is 21.6 Å². The highest BCUT2D eigenvalue weighted by Gasteiger charge is 2.20. The monoisotopic (exact) mass is 393 g/mol. The second kappa shape index (κ2) is 7.69. The maximum atomic E-state index is 5.63. The molecule has 0 bridgehead atoms. The number of aromatic nitrogens is 3. The summed E-state index contributed by atoms with van der Waals surface area (Å²) in [5.74, 6) is 2.46. The normalized spacial score (nSPS) is 12.6. The van der Waals surface area contributed by atoms with E-state index in [2.05, 4.69) is 29.0 Å². The van der Waals surface area contributed by atoms with Gasteiger partial charge in [-0.3, -0.25) is 9.88 Å². The molecule has 4 aromatic rings. The molecule has 0 saturated carbocycles. The van der Waals surface area contributed by atoms with Crippen LogP contribution < -0.4 is 5.32 Å². The number of anilines is 1. The van der Waals surface area contributed by atoms with Crippen molar-refractivity contribution in [3.8, 4) is 11.4 Å². The Kier molecular flexibility index (Phi) is 5.11. The number of nitrogens with one attached hydrogen (secondary N) is 1. The third kappa shape index (κ3) is 3.50. The topological polar surface area (TPSA) is 67.1 Å². The Balaban J connectivity index is 1.74. The fraction of sp³-hybridized carbons (Fsp3) is 0.286. The molecule has 1 N–H and O–H groups in total. The summed E-state index contributed by atoms with van der Waals surface area (Å²) in [6, 6.07) is 7.91. The van der Waals surface area contributed by atoms with Gasteiger partial charge in [0.15, 0.2) is 5.82 Å². The predicted molar refractivity (Wildman–Crippen MR) is 114 cm³/mol. The zero-order valence-electron chi connectivity index (χ0n) is 16.4. The molecule has 0 aliphatic rings. The van der Waals surface area contributed by atoms with Crippen LogP contribution in [-0.2, 0) is 0 Å². The Morgan fingerprint density at radius 3 is 2.71 bits per heavy atom. The van der Waals surface area contributed by atoms with Gasteiger partial charge in [-0.15, -0.1) is 11.3 Å². The summed E-state index contributed by atoms with van der Waals surface area (Å²) in [5, 5.41) is 4.65. The molecule has 28 heavy (non-hydrogen) atoms. The van der Waals surface area contributed by atoms with E-state index in [9.17, 15) is 0 Å². The number of aryl methyl sites for hydroxylation is 2. The van der Waals surface area contributed by atoms with E-state index < -0.39 is 0 Å². The molecule has 4 aromatic heterocycles. The standard InChI is InChI=1S/C21H23N5OS/c1-13-14(2)28-21-18(13)20(24-19(25-21)15-7-5-9-22-11-15)23-12-16(26(3)4)17-8-6-10-27-17/h5-11,16H,12H2,1-4H3,(H,23,24,25). The van der Waals surface area contributed by atoms with Crippen molar-refractivity contribution >= 4 is 27.4 Å². The van der Waals surface area contributed by atoms with Crippen molar-refractivity contribution in [2.24, 2.45) is 0 Å². The summed E-state index contributed by atoms with van der Waals surface area (Å²) in [4.78, 5) is 18.2. The van der Waals surface area contributed by atoms with Crippen molar-refractivity contribution in [2.45, 2.75) is 19.9 Å². The Bertz CT molecular complexity index is 1070. The number of pyridine rings is 1. The lowest BCUT2D eigenvalue weighted by Gasteiger charge is -2.23. The van der Waals surface area contributed by atoms with Crippen molar-refractivity contribution in [1.82, 2.24) is 19.9 Å². The highest BCUT2D eigenvalue weighted by Crippen LogP contribution is 2.35. The molecule has 1 unspecified atom stereocenters. The summed E-state index contributed by atoms with van der Waals surface area (Å²) >= 11 is 1.70. The Morgan fingerprint density at radius 2 is 2.04 bits per heavy atom. The van der Waals surface area contributed by atoms with Crippen molar-refractivity contribution in [3.63, 3.8) is 0 Å². The summed E-state index contributed by atoms with van der Waals surface area (Å²) in [6.45, 7) is 4.93. The van der Waals surface area contributed by atoms with Crippen LogP contribution >= 0.6 is 11.3 Å². The molecule has 0 aliphatic heterocycles. The Hall–Kier alpha value is -2.77. The van der Waals surface area contributed by atoms with E-state index in [0.717, 1.165) is 27.4 Å². The summed E-state index contributed by atoms with van der Waals surface area (Å²) in [6.07, 6.45) is 5.26. The molecule has 0 aromatic carbocycles. The maximum Gasteiger partial charge on any atom is 0.164 e. The second-order valence-corrected chi connectivity index (χ2v) is 8.18. The van der Waals surface area contributed by atoms with E-state index in [-0.39, 0.29) is 6.04 Å². The molecule has 1 atom stereocenters. The van der Waals surface area contributed by atoms with Gasteiger partial charge >= 0.3 is 0 Å². The van der Waals surface area contributed by atoms with Crippen LogP contribution in [0.3, 0.4) is 0 Å². The molecule has 0 amide bonds. The average Bonchev–Trinajstić information content (AvgIpc) is 3.31. The van der Waals surface area contributed by atoms with E-state index in [0.29, 0.717) is 12.4 Å². The van der Waals surface area contributed by atoms with E-state index >= 15 is 0 Å². The quantitative estimate of drug-likeness (QED) is 0.513. The number of thiophene rings is 1. The van der Waals surface area contributed by atoms with Gasteiger partial charge in [0.2, 0.25) is 0 Å². The minimum Gasteiger partial charge on any atom is -0.468 e. The first-order valence-corrected chi connectivity index (χ1v) is 9.98. The van der Waals surface area contributed by atoms with Crippen molar-refractivity contribution in [2.75, 3.05) is 26.0 Å². The molecule has 0 spiro atoms. The highest BCUT2D eigenvalue weighted by molar-refractivity contribution is 7.18. The van der Waals surface area contributed by atoms with Gasteiger partial charge in [0, 0.05) is 29.4 Å². The molecule has 6 nitrogen and oxygen atoms in total. The summed E-state index contributed by atoms with van der Waals surface area (Å²) < 4.78 is 5.63. The molecular formula is C21H23N5OS. The molecule has 144 valence electrons. The third-order valence-electron chi connectivity index (χ3n) is 4.91. The molecule has 0 saturated heterocycles. The van der Waals surface area contributed by atoms with Crippen LogP contribution in [0.15, 0.2) is 47.3 Å². The van der Waals surface area contributed by atoms with Gasteiger partial charge in [-0.05, 0) is 57.8 Å². The zero-order valence-corrected chi connectivity index (χ0v) is 17.2. The van der Waals surface area contributed by atoms with Crippen LogP contribution in [0, 0.1) is 13.8 Å². The molecule has 4 heterocycles. The number of rotatable bonds is 6. The summed E-state index contributed by atoms with van der Waals surface area (Å²) in [7, 11) is 4.09. The third-order valence-corrected chi connectivity index (χ3v) is 6.01. The van der Waals surface area contributed by atoms with Gasteiger partial charge in [0.1, 0.15) is 16.4 Å². The first kappa shape index (κ1) is 18.6. The number of furan rings is 1. The number of likely N-dealkylation sites (N-methyl/N-ethyl adjacent to an activating group) is 1. The van der Waals surface area contributed by atoms with E-state index in [4.69, 9.17) is 14.4 Å². The van der Waals surface area contributed by atoms with Crippen LogP contribution in [0.4, 0.5) is 5.82 Å². The molecule has 4 rings (SSSR count). The number of hydrogen-bond acceptors (Lipinski definition) is 7. The number of hydrogen-bond donors (Lipinski definition) is 1. The van der Waals surface area contributed by atoms with Gasteiger partial charge in [0.05, 0.1) is 17.7 Å². The van der Waals surface area contributed by atoms with E-state index in [1.165, 1.54) is 10.4 Å².